The van der Waals surface area contributed by atoms with Crippen LogP contribution in [0.15, 0.2) is 21.4 Å². The lowest BCUT2D eigenvalue weighted by atomic mass is 10.4. The van der Waals surface area contributed by atoms with E-state index in [1.807, 2.05) is 25.3 Å². The van der Waals surface area contributed by atoms with E-state index >= 15 is 0 Å². The minimum atomic E-state index is -0.272. The van der Waals surface area contributed by atoms with Crippen LogP contribution in [0.2, 0.25) is 0 Å². The summed E-state index contributed by atoms with van der Waals surface area (Å²) in [5.41, 5.74) is 0.677. The van der Waals surface area contributed by atoms with Crippen LogP contribution >= 0.6 is 23.1 Å². The summed E-state index contributed by atoms with van der Waals surface area (Å²) in [5, 5.41) is 2.19. The SMILES string of the molecule is CCn1c(SC(C)C(=O)N(C)C)nc2ccsc2c1=O. The topological polar surface area (TPSA) is 55.2 Å². The third kappa shape index (κ3) is 2.73. The van der Waals surface area contributed by atoms with Crippen LogP contribution in [0.25, 0.3) is 10.2 Å². The van der Waals surface area contributed by atoms with Gasteiger partial charge in [0.05, 0.1) is 10.8 Å². The lowest BCUT2D eigenvalue weighted by Gasteiger charge is -2.17. The molecule has 1 atom stereocenters. The van der Waals surface area contributed by atoms with Gasteiger partial charge in [-0.25, -0.2) is 4.98 Å². The van der Waals surface area contributed by atoms with E-state index in [2.05, 4.69) is 4.98 Å². The largest absolute Gasteiger partial charge is 0.348 e. The van der Waals surface area contributed by atoms with Gasteiger partial charge < -0.3 is 4.90 Å². The number of thioether (sulfide) groups is 1. The first-order valence-electron chi connectivity index (χ1n) is 6.31. The Morgan fingerprint density at radius 3 is 2.85 bits per heavy atom. The van der Waals surface area contributed by atoms with Gasteiger partial charge >= 0.3 is 0 Å². The molecule has 2 aromatic heterocycles. The minimum absolute atomic E-state index is 0.0114. The molecule has 0 aliphatic heterocycles. The van der Waals surface area contributed by atoms with Crippen LogP contribution in [0.3, 0.4) is 0 Å². The fraction of sp³-hybridized carbons (Fsp3) is 0.462. The first kappa shape index (κ1) is 15.1. The number of nitrogens with zero attached hydrogens (tertiary/aromatic N) is 3. The van der Waals surface area contributed by atoms with Crippen LogP contribution in [-0.4, -0.2) is 39.7 Å². The Hall–Kier alpha value is -1.34. The molecule has 20 heavy (non-hydrogen) atoms. The van der Waals surface area contributed by atoms with E-state index in [1.54, 1.807) is 23.6 Å². The smallest absolute Gasteiger partial charge is 0.272 e. The van der Waals surface area contributed by atoms with Crippen LogP contribution in [0.4, 0.5) is 0 Å². The fourth-order valence-corrected chi connectivity index (χ4v) is 3.76. The van der Waals surface area contributed by atoms with Crippen molar-refractivity contribution in [3.63, 3.8) is 0 Å². The van der Waals surface area contributed by atoms with Crippen molar-refractivity contribution < 1.29 is 4.79 Å². The molecule has 2 aromatic rings. The van der Waals surface area contributed by atoms with E-state index in [9.17, 15) is 9.59 Å². The van der Waals surface area contributed by atoms with Gasteiger partial charge in [-0.3, -0.25) is 14.2 Å². The van der Waals surface area contributed by atoms with Gasteiger partial charge in [-0.15, -0.1) is 11.3 Å². The molecule has 0 N–H and O–H groups in total. The molecule has 0 radical (unpaired) electrons. The monoisotopic (exact) mass is 311 g/mol. The van der Waals surface area contributed by atoms with Crippen molar-refractivity contribution in [2.75, 3.05) is 14.1 Å². The molecular weight excluding hydrogens is 294 g/mol. The highest BCUT2D eigenvalue weighted by Gasteiger charge is 2.20. The highest BCUT2D eigenvalue weighted by molar-refractivity contribution is 8.00. The van der Waals surface area contributed by atoms with Gasteiger partial charge in [0.2, 0.25) is 5.91 Å². The van der Waals surface area contributed by atoms with E-state index in [4.69, 9.17) is 0 Å². The van der Waals surface area contributed by atoms with Crippen LogP contribution in [0.5, 0.6) is 0 Å². The summed E-state index contributed by atoms with van der Waals surface area (Å²) >= 11 is 2.73. The lowest BCUT2D eigenvalue weighted by Crippen LogP contribution is -2.31. The zero-order valence-corrected chi connectivity index (χ0v) is 13.5. The standard InChI is InChI=1S/C13H17N3O2S2/c1-5-16-12(18)10-9(6-7-19-10)14-13(16)20-8(2)11(17)15(3)4/h6-8H,5H2,1-4H3. The summed E-state index contributed by atoms with van der Waals surface area (Å²) in [5.74, 6) is 0.0114. The molecule has 0 aliphatic rings. The zero-order chi connectivity index (χ0) is 14.9. The molecular formula is C13H17N3O2S2. The summed E-state index contributed by atoms with van der Waals surface area (Å²) in [6.45, 7) is 4.28. The predicted octanol–water partition coefficient (Wildman–Crippen LogP) is 2.05. The number of carbonyl (C=O) groups excluding carboxylic acids is 1. The van der Waals surface area contributed by atoms with Gasteiger partial charge in [-0.05, 0) is 25.3 Å². The van der Waals surface area contributed by atoms with Crippen molar-refractivity contribution in [2.24, 2.45) is 0 Å². The first-order chi connectivity index (χ1) is 9.45. The van der Waals surface area contributed by atoms with Crippen LogP contribution in [-0.2, 0) is 11.3 Å². The second-order valence-electron chi connectivity index (χ2n) is 4.57. The number of amides is 1. The fourth-order valence-electron chi connectivity index (χ4n) is 1.86. The van der Waals surface area contributed by atoms with Gasteiger partial charge in [-0.1, -0.05) is 11.8 Å². The van der Waals surface area contributed by atoms with E-state index in [1.165, 1.54) is 23.1 Å². The number of thiophene rings is 1. The molecule has 0 saturated carbocycles. The number of rotatable bonds is 4. The maximum Gasteiger partial charge on any atom is 0.272 e. The Balaban J connectivity index is 2.43. The van der Waals surface area contributed by atoms with Gasteiger partial charge in [0, 0.05) is 20.6 Å². The van der Waals surface area contributed by atoms with Crippen molar-refractivity contribution in [3.8, 4) is 0 Å². The molecule has 0 bridgehead atoms. The van der Waals surface area contributed by atoms with Crippen LogP contribution in [0.1, 0.15) is 13.8 Å². The summed E-state index contributed by atoms with van der Waals surface area (Å²) < 4.78 is 2.30. The van der Waals surface area contributed by atoms with Crippen LogP contribution < -0.4 is 5.56 Å². The third-order valence-electron chi connectivity index (χ3n) is 2.92. The Bertz CT molecular complexity index is 690. The summed E-state index contributed by atoms with van der Waals surface area (Å²) in [6, 6.07) is 1.84. The Labute approximate surface area is 125 Å². The second-order valence-corrected chi connectivity index (χ2v) is 6.80. The Morgan fingerprint density at radius 2 is 2.25 bits per heavy atom. The van der Waals surface area contributed by atoms with Crippen molar-refractivity contribution in [1.29, 1.82) is 0 Å². The first-order valence-corrected chi connectivity index (χ1v) is 8.07. The van der Waals surface area contributed by atoms with Crippen molar-refractivity contribution >= 4 is 39.2 Å². The number of carbonyl (C=O) groups is 1. The maximum absolute atomic E-state index is 12.4. The van der Waals surface area contributed by atoms with Crippen LogP contribution in [0, 0.1) is 0 Å². The third-order valence-corrected chi connectivity index (χ3v) is 4.89. The minimum Gasteiger partial charge on any atom is -0.348 e. The molecule has 2 heterocycles. The van der Waals surface area contributed by atoms with E-state index in [-0.39, 0.29) is 16.7 Å². The van der Waals surface area contributed by atoms with E-state index < -0.39 is 0 Å². The molecule has 108 valence electrons. The number of hydrogen-bond donors (Lipinski definition) is 0. The molecule has 1 unspecified atom stereocenters. The average Bonchev–Trinajstić information content (AvgIpc) is 2.86. The van der Waals surface area contributed by atoms with Gasteiger partial charge in [0.1, 0.15) is 4.70 Å². The molecule has 0 spiro atoms. The molecule has 1 amide bonds. The van der Waals surface area contributed by atoms with Crippen molar-refractivity contribution in [3.05, 3.63) is 21.8 Å². The van der Waals surface area contributed by atoms with Gasteiger partial charge in [-0.2, -0.15) is 0 Å². The zero-order valence-electron chi connectivity index (χ0n) is 11.9. The molecule has 0 fully saturated rings. The van der Waals surface area contributed by atoms with Gasteiger partial charge in [0.15, 0.2) is 5.16 Å². The van der Waals surface area contributed by atoms with E-state index in [0.717, 1.165) is 0 Å². The average molecular weight is 311 g/mol. The normalized spacial score (nSPS) is 12.6. The van der Waals surface area contributed by atoms with Gasteiger partial charge in [0.25, 0.3) is 5.56 Å². The van der Waals surface area contributed by atoms with E-state index in [0.29, 0.717) is 21.9 Å². The second kappa shape index (κ2) is 5.97. The molecule has 5 nitrogen and oxygen atoms in total. The number of fused-ring (bicyclic) bond motifs is 1. The Morgan fingerprint density at radius 1 is 1.55 bits per heavy atom. The quantitative estimate of drug-likeness (QED) is 0.640. The predicted molar refractivity (Wildman–Crippen MR) is 83.6 cm³/mol. The lowest BCUT2D eigenvalue weighted by molar-refractivity contribution is -0.127. The molecule has 0 saturated heterocycles. The molecule has 7 heteroatoms. The van der Waals surface area contributed by atoms with Crippen molar-refractivity contribution in [2.45, 2.75) is 30.8 Å². The summed E-state index contributed by atoms with van der Waals surface area (Å²) in [6.07, 6.45) is 0. The summed E-state index contributed by atoms with van der Waals surface area (Å²) in [7, 11) is 3.45. The molecule has 0 aliphatic carbocycles. The summed E-state index contributed by atoms with van der Waals surface area (Å²) in [4.78, 5) is 30.4. The number of aromatic nitrogens is 2. The molecule has 2 rings (SSSR count). The molecule has 0 aromatic carbocycles. The van der Waals surface area contributed by atoms with Crippen molar-refractivity contribution in [1.82, 2.24) is 14.5 Å². The Kier molecular flexibility index (Phi) is 4.49. The maximum atomic E-state index is 12.4. The number of hydrogen-bond acceptors (Lipinski definition) is 5. The highest BCUT2D eigenvalue weighted by Crippen LogP contribution is 2.24. The highest BCUT2D eigenvalue weighted by atomic mass is 32.2.